The summed E-state index contributed by atoms with van der Waals surface area (Å²) in [4.78, 5) is 44.1. The SMILES string of the molecule is CN(CC1CC(=O)N(C(C)(C)C)C1)C(=O)c1c[nH]c2cc(Cl)ccc2c1=O. The van der Waals surface area contributed by atoms with Crippen LogP contribution >= 0.6 is 11.6 Å². The second-order valence-corrected chi connectivity index (χ2v) is 8.59. The maximum atomic E-state index is 12.8. The van der Waals surface area contributed by atoms with Crippen molar-refractivity contribution in [1.29, 1.82) is 0 Å². The topological polar surface area (TPSA) is 73.5 Å². The van der Waals surface area contributed by atoms with Crippen molar-refractivity contribution < 1.29 is 9.59 Å². The maximum absolute atomic E-state index is 12.8. The molecule has 1 aromatic carbocycles. The molecule has 27 heavy (non-hydrogen) atoms. The number of pyridine rings is 1. The van der Waals surface area contributed by atoms with Gasteiger partial charge >= 0.3 is 0 Å². The summed E-state index contributed by atoms with van der Waals surface area (Å²) in [6, 6.07) is 4.90. The van der Waals surface area contributed by atoms with E-state index in [9.17, 15) is 14.4 Å². The van der Waals surface area contributed by atoms with Crippen molar-refractivity contribution in [2.45, 2.75) is 32.7 Å². The van der Waals surface area contributed by atoms with Crippen molar-refractivity contribution in [3.63, 3.8) is 0 Å². The number of amides is 2. The highest BCUT2D eigenvalue weighted by molar-refractivity contribution is 6.31. The van der Waals surface area contributed by atoms with Crippen molar-refractivity contribution >= 4 is 34.3 Å². The van der Waals surface area contributed by atoms with Gasteiger partial charge in [0.05, 0.1) is 5.52 Å². The smallest absolute Gasteiger partial charge is 0.259 e. The summed E-state index contributed by atoms with van der Waals surface area (Å²) < 4.78 is 0. The predicted molar refractivity (Wildman–Crippen MR) is 106 cm³/mol. The lowest BCUT2D eigenvalue weighted by molar-refractivity contribution is -0.131. The zero-order valence-corrected chi connectivity index (χ0v) is 16.8. The first kappa shape index (κ1) is 19.4. The molecule has 0 bridgehead atoms. The third kappa shape index (κ3) is 3.86. The number of carbonyl (C=O) groups excluding carboxylic acids is 2. The average molecular weight is 390 g/mol. The summed E-state index contributed by atoms with van der Waals surface area (Å²) in [6.07, 6.45) is 1.85. The van der Waals surface area contributed by atoms with Crippen LogP contribution < -0.4 is 5.43 Å². The van der Waals surface area contributed by atoms with E-state index in [1.807, 2.05) is 25.7 Å². The monoisotopic (exact) mass is 389 g/mol. The Morgan fingerprint density at radius 2 is 2.04 bits per heavy atom. The molecule has 6 nitrogen and oxygen atoms in total. The van der Waals surface area contributed by atoms with Crippen molar-refractivity contribution in [2.75, 3.05) is 20.1 Å². The first-order valence-corrected chi connectivity index (χ1v) is 9.32. The molecule has 2 aromatic rings. The molecule has 1 aliphatic heterocycles. The lowest BCUT2D eigenvalue weighted by Crippen LogP contribution is -2.43. The van der Waals surface area contributed by atoms with E-state index in [4.69, 9.17) is 11.6 Å². The molecular weight excluding hydrogens is 366 g/mol. The molecule has 0 spiro atoms. The number of fused-ring (bicyclic) bond motifs is 1. The molecule has 1 aromatic heterocycles. The van der Waals surface area contributed by atoms with Crippen molar-refractivity contribution in [3.05, 3.63) is 45.2 Å². The number of aromatic nitrogens is 1. The lowest BCUT2D eigenvalue weighted by Gasteiger charge is -2.32. The van der Waals surface area contributed by atoms with E-state index < -0.39 is 0 Å². The summed E-state index contributed by atoms with van der Waals surface area (Å²) in [5, 5.41) is 0.942. The number of likely N-dealkylation sites (tertiary alicyclic amines) is 1. The second-order valence-electron chi connectivity index (χ2n) is 8.15. The van der Waals surface area contributed by atoms with E-state index >= 15 is 0 Å². The van der Waals surface area contributed by atoms with Gasteiger partial charge in [-0.25, -0.2) is 0 Å². The quantitative estimate of drug-likeness (QED) is 0.877. The Kier molecular flexibility index (Phi) is 5.04. The highest BCUT2D eigenvalue weighted by atomic mass is 35.5. The largest absolute Gasteiger partial charge is 0.360 e. The molecule has 0 radical (unpaired) electrons. The Labute approximate surface area is 163 Å². The van der Waals surface area contributed by atoms with E-state index in [2.05, 4.69) is 4.98 Å². The fourth-order valence-electron chi connectivity index (χ4n) is 3.58. The van der Waals surface area contributed by atoms with E-state index in [1.54, 1.807) is 25.2 Å². The number of H-pyrrole nitrogens is 1. The number of nitrogens with zero attached hydrogens (tertiary/aromatic N) is 2. The summed E-state index contributed by atoms with van der Waals surface area (Å²) in [5.74, 6) is -0.187. The van der Waals surface area contributed by atoms with E-state index in [1.165, 1.54) is 11.1 Å². The molecule has 1 saturated heterocycles. The van der Waals surface area contributed by atoms with Gasteiger partial charge in [0.25, 0.3) is 5.91 Å². The molecule has 1 aliphatic rings. The number of hydrogen-bond acceptors (Lipinski definition) is 3. The second kappa shape index (κ2) is 7.00. The molecule has 1 N–H and O–H groups in total. The van der Waals surface area contributed by atoms with Gasteiger partial charge in [0.2, 0.25) is 11.3 Å². The van der Waals surface area contributed by atoms with Crippen LogP contribution in [-0.4, -0.2) is 52.3 Å². The molecule has 2 heterocycles. The maximum Gasteiger partial charge on any atom is 0.259 e. The van der Waals surface area contributed by atoms with Gasteiger partial charge < -0.3 is 14.8 Å². The molecule has 7 heteroatoms. The highest BCUT2D eigenvalue weighted by Crippen LogP contribution is 2.26. The minimum atomic E-state index is -0.352. The van der Waals surface area contributed by atoms with Crippen LogP contribution in [0.4, 0.5) is 0 Å². The molecular formula is C20H24ClN3O3. The molecule has 1 fully saturated rings. The van der Waals surface area contributed by atoms with E-state index in [0.29, 0.717) is 35.4 Å². The predicted octanol–water partition coefficient (Wildman–Crippen LogP) is 2.90. The molecule has 144 valence electrons. The highest BCUT2D eigenvalue weighted by Gasteiger charge is 2.37. The van der Waals surface area contributed by atoms with Gasteiger partial charge in [-0.15, -0.1) is 0 Å². The van der Waals surface area contributed by atoms with Crippen LogP contribution in [0.15, 0.2) is 29.2 Å². The first-order chi connectivity index (χ1) is 12.6. The van der Waals surface area contributed by atoms with Crippen molar-refractivity contribution in [2.24, 2.45) is 5.92 Å². The number of carbonyl (C=O) groups is 2. The lowest BCUT2D eigenvalue weighted by atomic mass is 10.1. The third-order valence-corrected chi connectivity index (χ3v) is 5.20. The zero-order valence-electron chi connectivity index (χ0n) is 16.0. The molecule has 1 unspecified atom stereocenters. The van der Waals surface area contributed by atoms with Crippen LogP contribution in [0.3, 0.4) is 0 Å². The standard InChI is InChI=1S/C20H24ClN3O3/c1-20(2,3)24-11-12(7-17(24)25)10-23(4)19(27)15-9-22-16-8-13(21)5-6-14(16)18(15)26/h5-6,8-9,12H,7,10-11H2,1-4H3,(H,22,26). The zero-order chi connectivity index (χ0) is 19.9. The van der Waals surface area contributed by atoms with Crippen LogP contribution in [0.25, 0.3) is 10.9 Å². The van der Waals surface area contributed by atoms with Crippen LogP contribution in [0, 0.1) is 5.92 Å². The van der Waals surface area contributed by atoms with E-state index in [0.717, 1.165) is 0 Å². The van der Waals surface area contributed by atoms with Crippen LogP contribution in [0.2, 0.25) is 5.02 Å². The number of rotatable bonds is 3. The summed E-state index contributed by atoms with van der Waals surface area (Å²) in [6.45, 7) is 7.05. The molecule has 0 saturated carbocycles. The summed E-state index contributed by atoms with van der Waals surface area (Å²) >= 11 is 5.95. The molecule has 3 rings (SSSR count). The summed E-state index contributed by atoms with van der Waals surface area (Å²) in [5.41, 5.74) is 0.125. The van der Waals surface area contributed by atoms with Gasteiger partial charge in [0.1, 0.15) is 5.56 Å². The Morgan fingerprint density at radius 1 is 1.33 bits per heavy atom. The van der Waals surface area contributed by atoms with Gasteiger partial charge in [-0.2, -0.15) is 0 Å². The van der Waals surface area contributed by atoms with Crippen LogP contribution in [0.5, 0.6) is 0 Å². The van der Waals surface area contributed by atoms with Gasteiger partial charge in [-0.1, -0.05) is 11.6 Å². The van der Waals surface area contributed by atoms with Crippen molar-refractivity contribution in [3.8, 4) is 0 Å². The minimum absolute atomic E-state index is 0.0593. The van der Waals surface area contributed by atoms with E-state index in [-0.39, 0.29) is 34.3 Å². The Balaban J connectivity index is 1.78. The molecule has 1 atom stereocenters. The van der Waals surface area contributed by atoms with Gasteiger partial charge in [0.15, 0.2) is 0 Å². The Bertz CT molecular complexity index is 961. The van der Waals surface area contributed by atoms with Gasteiger partial charge in [-0.05, 0) is 39.0 Å². The van der Waals surface area contributed by atoms with Crippen molar-refractivity contribution in [1.82, 2.24) is 14.8 Å². The Hall–Kier alpha value is -2.34. The molecule has 0 aliphatic carbocycles. The number of hydrogen-bond donors (Lipinski definition) is 1. The van der Waals surface area contributed by atoms with Gasteiger partial charge in [0, 0.05) is 54.6 Å². The minimum Gasteiger partial charge on any atom is -0.360 e. The number of aromatic amines is 1. The number of nitrogens with one attached hydrogen (secondary N) is 1. The average Bonchev–Trinajstić information content (AvgIpc) is 2.95. The fourth-order valence-corrected chi connectivity index (χ4v) is 3.75. The number of halogens is 1. The molecule has 2 amide bonds. The van der Waals surface area contributed by atoms with Crippen LogP contribution in [-0.2, 0) is 4.79 Å². The van der Waals surface area contributed by atoms with Crippen LogP contribution in [0.1, 0.15) is 37.6 Å². The number of benzene rings is 1. The Morgan fingerprint density at radius 3 is 2.67 bits per heavy atom. The summed E-state index contributed by atoms with van der Waals surface area (Å²) in [7, 11) is 1.66. The fraction of sp³-hybridized carbons (Fsp3) is 0.450. The normalized spacial score (nSPS) is 17.6. The third-order valence-electron chi connectivity index (χ3n) is 4.97. The first-order valence-electron chi connectivity index (χ1n) is 8.95. The van der Waals surface area contributed by atoms with Gasteiger partial charge in [-0.3, -0.25) is 14.4 Å².